The van der Waals surface area contributed by atoms with Gasteiger partial charge in [0.2, 0.25) is 0 Å². The summed E-state index contributed by atoms with van der Waals surface area (Å²) in [5.74, 6) is -2.44. The summed E-state index contributed by atoms with van der Waals surface area (Å²) in [6.07, 6.45) is 5.82. The van der Waals surface area contributed by atoms with Crippen LogP contribution in [0.3, 0.4) is 0 Å². The molecule has 7 nitrogen and oxygen atoms in total. The van der Waals surface area contributed by atoms with Gasteiger partial charge in [0.1, 0.15) is 6.54 Å². The topological polar surface area (TPSA) is 104 Å². The third kappa shape index (κ3) is 15.0. The second-order valence-corrected chi connectivity index (χ2v) is 6.81. The monoisotopic (exact) mass is 343 g/mol. The van der Waals surface area contributed by atoms with E-state index in [1.807, 2.05) is 33.3 Å². The molecule has 0 amide bonds. The molecule has 0 saturated carbocycles. The fourth-order valence-corrected chi connectivity index (χ4v) is 2.16. The molecule has 0 spiro atoms. The number of carbonyl (C=O) groups is 3. The van der Waals surface area contributed by atoms with Gasteiger partial charge in [0.25, 0.3) is 0 Å². The largest absolute Gasteiger partial charge is 0.550 e. The Morgan fingerprint density at radius 3 is 2.08 bits per heavy atom. The molecule has 0 heterocycles. The standard InChI is InChI=1S/C17H29NO6/c1-18(2,3)13-14(12-16(21)22)24-17(23)11-9-7-5-4-6-8-10-15(19)20/h4-5,14H,6-13H2,1-3H3,(H-,19,20,21,22)/b5-4+. The van der Waals surface area contributed by atoms with Crippen molar-refractivity contribution in [2.24, 2.45) is 0 Å². The van der Waals surface area contributed by atoms with Crippen LogP contribution in [-0.2, 0) is 19.1 Å². The van der Waals surface area contributed by atoms with Crippen LogP contribution < -0.4 is 5.11 Å². The predicted molar refractivity (Wildman–Crippen MR) is 86.9 cm³/mol. The molecule has 0 radical (unpaired) electrons. The number of carboxylic acids is 2. The Bertz CT molecular complexity index is 439. The van der Waals surface area contributed by atoms with Crippen LogP contribution in [0.2, 0.25) is 0 Å². The summed E-state index contributed by atoms with van der Waals surface area (Å²) in [5.41, 5.74) is 0. The van der Waals surface area contributed by atoms with E-state index in [1.54, 1.807) is 0 Å². The number of nitrogens with zero attached hydrogens (tertiary/aromatic N) is 1. The zero-order valence-electron chi connectivity index (χ0n) is 14.8. The van der Waals surface area contributed by atoms with Gasteiger partial charge in [0, 0.05) is 25.2 Å². The minimum Gasteiger partial charge on any atom is -0.550 e. The molecule has 0 aliphatic rings. The molecule has 7 heteroatoms. The highest BCUT2D eigenvalue weighted by Crippen LogP contribution is 2.08. The van der Waals surface area contributed by atoms with Gasteiger partial charge in [-0.1, -0.05) is 12.2 Å². The van der Waals surface area contributed by atoms with E-state index in [0.717, 1.165) is 0 Å². The van der Waals surface area contributed by atoms with Crippen LogP contribution in [0.25, 0.3) is 0 Å². The van der Waals surface area contributed by atoms with Crippen LogP contribution >= 0.6 is 0 Å². The van der Waals surface area contributed by atoms with Crippen LogP contribution in [-0.4, -0.2) is 61.3 Å². The van der Waals surface area contributed by atoms with Crippen LogP contribution in [0.1, 0.15) is 44.9 Å². The highest BCUT2D eigenvalue weighted by atomic mass is 16.5. The molecule has 0 saturated heterocycles. The van der Waals surface area contributed by atoms with Gasteiger partial charge >= 0.3 is 11.9 Å². The Kier molecular flexibility index (Phi) is 10.7. The lowest BCUT2D eigenvalue weighted by atomic mass is 10.2. The van der Waals surface area contributed by atoms with Gasteiger partial charge in [-0.2, -0.15) is 0 Å². The van der Waals surface area contributed by atoms with Crippen LogP contribution in [0.15, 0.2) is 12.2 Å². The van der Waals surface area contributed by atoms with Gasteiger partial charge in [-0.15, -0.1) is 0 Å². The zero-order valence-corrected chi connectivity index (χ0v) is 14.8. The summed E-state index contributed by atoms with van der Waals surface area (Å²) >= 11 is 0. The molecule has 1 atom stereocenters. The molecule has 24 heavy (non-hydrogen) atoms. The third-order valence-corrected chi connectivity index (χ3v) is 3.12. The molecule has 0 bridgehead atoms. The van der Waals surface area contributed by atoms with Crippen molar-refractivity contribution in [1.82, 2.24) is 0 Å². The first-order valence-electron chi connectivity index (χ1n) is 8.16. The Labute approximate surface area is 143 Å². The number of ether oxygens (including phenoxy) is 1. The van der Waals surface area contributed by atoms with E-state index < -0.39 is 24.0 Å². The van der Waals surface area contributed by atoms with E-state index in [1.165, 1.54) is 0 Å². The maximum atomic E-state index is 11.8. The van der Waals surface area contributed by atoms with Crippen molar-refractivity contribution in [3.63, 3.8) is 0 Å². The van der Waals surface area contributed by atoms with Gasteiger partial charge in [0.15, 0.2) is 6.10 Å². The van der Waals surface area contributed by atoms with Crippen molar-refractivity contribution >= 4 is 17.9 Å². The molecule has 1 N–H and O–H groups in total. The Balaban J connectivity index is 4.01. The molecule has 1 unspecified atom stereocenters. The average molecular weight is 343 g/mol. The Hall–Kier alpha value is -1.89. The van der Waals surface area contributed by atoms with E-state index in [-0.39, 0.29) is 19.3 Å². The number of allylic oxidation sites excluding steroid dienone is 2. The number of carboxylic acid groups (broad SMARTS) is 2. The number of rotatable bonds is 13. The number of likely N-dealkylation sites (N-methyl/N-ethyl adjacent to an activating group) is 1. The lowest BCUT2D eigenvalue weighted by Crippen LogP contribution is -2.45. The summed E-state index contributed by atoms with van der Waals surface area (Å²) in [7, 11) is 5.68. The summed E-state index contributed by atoms with van der Waals surface area (Å²) in [4.78, 5) is 32.9. The van der Waals surface area contributed by atoms with Crippen LogP contribution in [0.4, 0.5) is 0 Å². The number of unbranched alkanes of at least 4 members (excludes halogenated alkanes) is 2. The smallest absolute Gasteiger partial charge is 0.306 e. The van der Waals surface area contributed by atoms with Crippen molar-refractivity contribution in [2.75, 3.05) is 27.7 Å². The fraction of sp³-hybridized carbons (Fsp3) is 0.706. The van der Waals surface area contributed by atoms with Gasteiger partial charge in [0.05, 0.1) is 21.1 Å². The number of carbonyl (C=O) groups excluding carboxylic acids is 2. The van der Waals surface area contributed by atoms with Gasteiger partial charge in [-0.3, -0.25) is 9.59 Å². The predicted octanol–water partition coefficient (Wildman–Crippen LogP) is 0.726. The summed E-state index contributed by atoms with van der Waals surface area (Å²) in [6, 6.07) is 0. The quantitative estimate of drug-likeness (QED) is 0.229. The maximum absolute atomic E-state index is 11.8. The SMILES string of the molecule is C[N+](C)(C)CC(CC(=O)[O-])OC(=O)CCC/C=C/CCCC(=O)O. The molecule has 0 fully saturated rings. The average Bonchev–Trinajstić information content (AvgIpc) is 2.38. The maximum Gasteiger partial charge on any atom is 0.306 e. The molecular formula is C17H29NO6. The first-order valence-corrected chi connectivity index (χ1v) is 8.16. The Morgan fingerprint density at radius 2 is 1.62 bits per heavy atom. The molecule has 0 aromatic carbocycles. The van der Waals surface area contributed by atoms with Crippen LogP contribution in [0.5, 0.6) is 0 Å². The van der Waals surface area contributed by atoms with Gasteiger partial charge in [-0.25, -0.2) is 0 Å². The van der Waals surface area contributed by atoms with E-state index in [9.17, 15) is 19.5 Å². The number of quaternary nitrogens is 1. The summed E-state index contributed by atoms with van der Waals surface area (Å²) in [5, 5.41) is 19.2. The first-order chi connectivity index (χ1) is 11.1. The van der Waals surface area contributed by atoms with E-state index in [2.05, 4.69) is 0 Å². The number of hydrogen-bond donors (Lipinski definition) is 1. The van der Waals surface area contributed by atoms with E-state index in [0.29, 0.717) is 36.7 Å². The normalized spacial score (nSPS) is 13.0. The molecule has 0 aromatic heterocycles. The van der Waals surface area contributed by atoms with Gasteiger partial charge in [-0.05, 0) is 25.7 Å². The lowest BCUT2D eigenvalue weighted by molar-refractivity contribution is -0.873. The highest BCUT2D eigenvalue weighted by Gasteiger charge is 2.22. The van der Waals surface area contributed by atoms with Crippen molar-refractivity contribution in [2.45, 2.75) is 51.0 Å². The molecule has 0 aliphatic heterocycles. The Morgan fingerprint density at radius 1 is 1.08 bits per heavy atom. The zero-order chi connectivity index (χ0) is 18.6. The highest BCUT2D eigenvalue weighted by molar-refractivity contribution is 5.70. The van der Waals surface area contributed by atoms with Crippen molar-refractivity contribution in [3.05, 3.63) is 12.2 Å². The van der Waals surface area contributed by atoms with E-state index >= 15 is 0 Å². The first kappa shape index (κ1) is 22.1. The molecule has 138 valence electrons. The molecule has 0 aromatic rings. The molecular weight excluding hydrogens is 314 g/mol. The second kappa shape index (κ2) is 11.6. The summed E-state index contributed by atoms with van der Waals surface area (Å²) < 4.78 is 5.73. The van der Waals surface area contributed by atoms with Crippen LogP contribution in [0, 0.1) is 0 Å². The number of aliphatic carboxylic acids is 2. The van der Waals surface area contributed by atoms with E-state index in [4.69, 9.17) is 9.84 Å². The molecule has 0 rings (SSSR count). The van der Waals surface area contributed by atoms with Crippen molar-refractivity contribution < 1.29 is 33.8 Å². The number of esters is 1. The second-order valence-electron chi connectivity index (χ2n) is 6.81. The van der Waals surface area contributed by atoms with Gasteiger partial charge < -0.3 is 24.2 Å². The lowest BCUT2D eigenvalue weighted by Gasteiger charge is -2.29. The van der Waals surface area contributed by atoms with Crippen molar-refractivity contribution in [1.29, 1.82) is 0 Å². The third-order valence-electron chi connectivity index (χ3n) is 3.12. The van der Waals surface area contributed by atoms with Crippen molar-refractivity contribution in [3.8, 4) is 0 Å². The minimum atomic E-state index is -1.23. The summed E-state index contributed by atoms with van der Waals surface area (Å²) in [6.45, 7) is 0.406. The molecule has 0 aliphatic carbocycles. The minimum absolute atomic E-state index is 0.156. The number of hydrogen-bond acceptors (Lipinski definition) is 5. The fourth-order valence-electron chi connectivity index (χ4n) is 2.16.